The quantitative estimate of drug-likeness (QED) is 0.501. The molecule has 0 bridgehead atoms. The van der Waals surface area contributed by atoms with E-state index in [0.29, 0.717) is 23.3 Å². The van der Waals surface area contributed by atoms with Crippen LogP contribution in [0.4, 0.5) is 30.7 Å². The molecule has 0 saturated heterocycles. The summed E-state index contributed by atoms with van der Waals surface area (Å²) in [6.07, 6.45) is -6.44. The third-order valence-electron chi connectivity index (χ3n) is 4.13. The zero-order valence-corrected chi connectivity index (χ0v) is 16.2. The number of aromatic nitrogens is 1. The second kappa shape index (κ2) is 9.96. The molecule has 1 unspecified atom stereocenters. The van der Waals surface area contributed by atoms with Crippen LogP contribution in [0.25, 0.3) is 11.1 Å². The smallest absolute Gasteiger partial charge is 0.406 e. The number of benzene rings is 2. The fourth-order valence-corrected chi connectivity index (χ4v) is 2.67. The molecule has 0 fully saturated rings. The molecule has 0 radical (unpaired) electrons. The van der Waals surface area contributed by atoms with Gasteiger partial charge < -0.3 is 14.9 Å². The van der Waals surface area contributed by atoms with Crippen molar-refractivity contribution in [3.63, 3.8) is 0 Å². The maximum atomic E-state index is 14.6. The average molecular weight is 463 g/mol. The lowest BCUT2D eigenvalue weighted by molar-refractivity contribution is -0.274. The van der Waals surface area contributed by atoms with Crippen molar-refractivity contribution in [3.05, 3.63) is 83.7 Å². The number of ether oxygens (including phenoxy) is 1. The van der Waals surface area contributed by atoms with Crippen molar-refractivity contribution in [1.29, 1.82) is 0 Å². The second-order valence-electron chi connectivity index (χ2n) is 6.20. The number of alkyl halides is 5. The molecule has 1 atom stereocenters. The fourth-order valence-electron chi connectivity index (χ4n) is 2.67. The predicted octanol–water partition coefficient (Wildman–Crippen LogP) is 5.36. The summed E-state index contributed by atoms with van der Waals surface area (Å²) < 4.78 is 96.1. The number of hydrogen-bond acceptors (Lipinski definition) is 4. The molecule has 2 N–H and O–H groups in total. The van der Waals surface area contributed by atoms with Gasteiger partial charge in [0.1, 0.15) is 23.1 Å². The third kappa shape index (κ3) is 5.95. The van der Waals surface area contributed by atoms with E-state index in [1.807, 2.05) is 0 Å². The Bertz CT molecular complexity index is 1020. The van der Waals surface area contributed by atoms with Gasteiger partial charge in [-0.1, -0.05) is 24.3 Å². The summed E-state index contributed by atoms with van der Waals surface area (Å²) in [5.41, 5.74) is -1.00. The second-order valence-corrected chi connectivity index (χ2v) is 6.20. The Balaban J connectivity index is 0.00000176. The summed E-state index contributed by atoms with van der Waals surface area (Å²) in [7, 11) is 1.00. The lowest BCUT2D eigenvalue weighted by Gasteiger charge is -2.23. The molecule has 4 nitrogen and oxygen atoms in total. The molecule has 2 aromatic carbocycles. The topological polar surface area (TPSA) is 62.6 Å². The van der Waals surface area contributed by atoms with Gasteiger partial charge in [0.25, 0.3) is 0 Å². The Kier molecular flexibility index (Phi) is 7.81. The van der Waals surface area contributed by atoms with E-state index < -0.39 is 47.0 Å². The molecule has 3 aromatic rings. The van der Waals surface area contributed by atoms with Crippen LogP contribution in [-0.2, 0) is 5.92 Å². The molecule has 32 heavy (non-hydrogen) atoms. The lowest BCUT2D eigenvalue weighted by Crippen LogP contribution is -2.25. The molecule has 0 amide bonds. The van der Waals surface area contributed by atoms with Crippen LogP contribution in [-0.4, -0.2) is 28.7 Å². The number of pyridine rings is 1. The van der Waals surface area contributed by atoms with Crippen molar-refractivity contribution in [2.45, 2.75) is 18.4 Å². The summed E-state index contributed by atoms with van der Waals surface area (Å²) in [5, 5.41) is 16.9. The van der Waals surface area contributed by atoms with E-state index in [9.17, 15) is 35.8 Å². The number of rotatable bonds is 5. The molecule has 0 aliphatic carbocycles. The van der Waals surface area contributed by atoms with Crippen molar-refractivity contribution < 1.29 is 45.7 Å². The van der Waals surface area contributed by atoms with Gasteiger partial charge >= 0.3 is 12.3 Å². The number of halogens is 7. The highest BCUT2D eigenvalue weighted by Gasteiger charge is 2.44. The summed E-state index contributed by atoms with van der Waals surface area (Å²) in [5.74, 6) is -6.77. The SMILES string of the molecule is CO.OC(c1ccc(F)cc1F)C(F)(F)c1ccc(-c2ccc(OC(F)(F)F)cc2)cn1. The molecule has 0 aliphatic rings. The van der Waals surface area contributed by atoms with Crippen LogP contribution in [0.2, 0.25) is 0 Å². The van der Waals surface area contributed by atoms with Crippen LogP contribution >= 0.6 is 0 Å². The molecular weight excluding hydrogens is 447 g/mol. The van der Waals surface area contributed by atoms with E-state index in [1.165, 1.54) is 18.2 Å². The molecule has 0 saturated carbocycles. The van der Waals surface area contributed by atoms with Crippen LogP contribution in [0.3, 0.4) is 0 Å². The number of nitrogens with zero attached hydrogens (tertiary/aromatic N) is 1. The highest BCUT2D eigenvalue weighted by molar-refractivity contribution is 5.63. The van der Waals surface area contributed by atoms with Crippen molar-refractivity contribution in [2.24, 2.45) is 0 Å². The summed E-state index contributed by atoms with van der Waals surface area (Å²) in [6, 6.07) is 8.57. The van der Waals surface area contributed by atoms with Gasteiger partial charge in [0.05, 0.1) is 0 Å². The van der Waals surface area contributed by atoms with E-state index >= 15 is 0 Å². The van der Waals surface area contributed by atoms with Crippen molar-refractivity contribution in [2.75, 3.05) is 7.11 Å². The number of aliphatic hydroxyl groups excluding tert-OH is 2. The van der Waals surface area contributed by atoms with Crippen LogP contribution in [0.1, 0.15) is 17.4 Å². The summed E-state index contributed by atoms with van der Waals surface area (Å²) >= 11 is 0. The monoisotopic (exact) mass is 463 g/mol. The van der Waals surface area contributed by atoms with Crippen LogP contribution in [0, 0.1) is 11.6 Å². The standard InChI is InChI=1S/C20H12F7NO2.CH4O/c21-13-4-7-15(16(22)9-13)18(29)19(23,24)17-8-3-12(10-28-17)11-1-5-14(6-2-11)30-20(25,26)27;1-2/h1-10,18,29H;2H,1H3. The van der Waals surface area contributed by atoms with Gasteiger partial charge in [-0.05, 0) is 29.8 Å². The third-order valence-corrected chi connectivity index (χ3v) is 4.13. The lowest BCUT2D eigenvalue weighted by atomic mass is 9.99. The summed E-state index contributed by atoms with van der Waals surface area (Å²) in [6.45, 7) is 0. The first-order valence-electron chi connectivity index (χ1n) is 8.75. The molecule has 172 valence electrons. The van der Waals surface area contributed by atoms with E-state index in [2.05, 4.69) is 9.72 Å². The van der Waals surface area contributed by atoms with Crippen molar-refractivity contribution in [1.82, 2.24) is 4.98 Å². The van der Waals surface area contributed by atoms with Gasteiger partial charge in [-0.2, -0.15) is 8.78 Å². The molecule has 1 aromatic heterocycles. The molecule has 3 rings (SSSR count). The average Bonchev–Trinajstić information content (AvgIpc) is 2.74. The van der Waals surface area contributed by atoms with Crippen LogP contribution in [0.5, 0.6) is 5.75 Å². The van der Waals surface area contributed by atoms with Gasteiger partial charge in [0.15, 0.2) is 6.10 Å². The maximum absolute atomic E-state index is 14.6. The van der Waals surface area contributed by atoms with Gasteiger partial charge in [-0.3, -0.25) is 4.98 Å². The fraction of sp³-hybridized carbons (Fsp3) is 0.190. The molecular formula is C21H16F7NO3. The Morgan fingerprint density at radius 2 is 1.44 bits per heavy atom. The Labute approximate surface area is 177 Å². The highest BCUT2D eigenvalue weighted by atomic mass is 19.4. The Hall–Kier alpha value is -3.18. The minimum atomic E-state index is -4.85. The van der Waals surface area contributed by atoms with E-state index in [1.54, 1.807) is 0 Å². The van der Waals surface area contributed by atoms with Crippen molar-refractivity contribution >= 4 is 0 Å². The number of hydrogen-bond donors (Lipinski definition) is 2. The van der Waals surface area contributed by atoms with E-state index in [4.69, 9.17) is 5.11 Å². The minimum absolute atomic E-state index is 0.301. The molecule has 1 heterocycles. The van der Waals surface area contributed by atoms with Crippen LogP contribution < -0.4 is 4.74 Å². The van der Waals surface area contributed by atoms with Gasteiger partial charge in [-0.25, -0.2) is 8.78 Å². The van der Waals surface area contributed by atoms with Crippen LogP contribution in [0.15, 0.2) is 60.8 Å². The Morgan fingerprint density at radius 1 is 0.844 bits per heavy atom. The molecule has 11 heteroatoms. The van der Waals surface area contributed by atoms with E-state index in [0.717, 1.165) is 37.6 Å². The predicted molar refractivity (Wildman–Crippen MR) is 99.7 cm³/mol. The zero-order valence-electron chi connectivity index (χ0n) is 16.2. The first-order chi connectivity index (χ1) is 15.0. The van der Waals surface area contributed by atoms with Gasteiger partial charge in [0.2, 0.25) is 0 Å². The largest absolute Gasteiger partial charge is 0.573 e. The highest BCUT2D eigenvalue weighted by Crippen LogP contribution is 2.40. The number of aliphatic hydroxyl groups is 2. The van der Waals surface area contributed by atoms with Gasteiger partial charge in [0, 0.05) is 30.5 Å². The molecule has 0 aliphatic heterocycles. The first-order valence-corrected chi connectivity index (χ1v) is 8.75. The minimum Gasteiger partial charge on any atom is -0.406 e. The Morgan fingerprint density at radius 3 is 1.94 bits per heavy atom. The maximum Gasteiger partial charge on any atom is 0.573 e. The first kappa shape index (κ1) is 25.1. The van der Waals surface area contributed by atoms with Crippen molar-refractivity contribution in [3.8, 4) is 16.9 Å². The van der Waals surface area contributed by atoms with E-state index in [-0.39, 0.29) is 0 Å². The molecule has 0 spiro atoms. The summed E-state index contributed by atoms with van der Waals surface area (Å²) in [4.78, 5) is 3.58. The normalized spacial score (nSPS) is 12.6. The zero-order chi connectivity index (χ0) is 24.1. The van der Waals surface area contributed by atoms with Gasteiger partial charge in [-0.15, -0.1) is 13.2 Å².